The van der Waals surface area contributed by atoms with E-state index in [1.165, 1.54) is 37.5 Å². The van der Waals surface area contributed by atoms with Crippen molar-refractivity contribution in [3.63, 3.8) is 0 Å². The molecule has 0 aromatic heterocycles. The van der Waals surface area contributed by atoms with Crippen molar-refractivity contribution in [3.8, 4) is 22.6 Å². The van der Waals surface area contributed by atoms with Crippen LogP contribution in [0.2, 0.25) is 0 Å². The predicted molar refractivity (Wildman–Crippen MR) is 161 cm³/mol. The Hall–Kier alpha value is -3.93. The first-order chi connectivity index (χ1) is 20.0. The van der Waals surface area contributed by atoms with E-state index in [2.05, 4.69) is 13.5 Å². The van der Waals surface area contributed by atoms with Crippen LogP contribution in [0.15, 0.2) is 79.4 Å². The maximum absolute atomic E-state index is 14.6. The SMILES string of the molecule is C=CC(=O)OCCCCCCOc1ccc(-c2ccc(C(=O)Oc3ccc(CCCCCCC)cc3F)cc2)cc1. The topological polar surface area (TPSA) is 61.8 Å². The van der Waals surface area contributed by atoms with Gasteiger partial charge < -0.3 is 14.2 Å². The van der Waals surface area contributed by atoms with Gasteiger partial charge in [0.05, 0.1) is 18.8 Å². The Morgan fingerprint density at radius 1 is 0.780 bits per heavy atom. The molecular formula is C35H41FO5. The minimum atomic E-state index is -0.593. The van der Waals surface area contributed by atoms with Gasteiger partial charge in [-0.15, -0.1) is 0 Å². The summed E-state index contributed by atoms with van der Waals surface area (Å²) in [5.41, 5.74) is 3.20. The van der Waals surface area contributed by atoms with Gasteiger partial charge in [0.15, 0.2) is 11.6 Å². The van der Waals surface area contributed by atoms with Crippen LogP contribution in [0.1, 0.15) is 80.6 Å². The summed E-state index contributed by atoms with van der Waals surface area (Å²) in [5.74, 6) is -0.761. The highest BCUT2D eigenvalue weighted by Gasteiger charge is 2.13. The Bertz CT molecular complexity index is 1230. The molecule has 3 aromatic carbocycles. The van der Waals surface area contributed by atoms with E-state index in [4.69, 9.17) is 14.2 Å². The molecule has 3 rings (SSSR count). The van der Waals surface area contributed by atoms with Gasteiger partial charge in [0.25, 0.3) is 0 Å². The predicted octanol–water partition coefficient (Wildman–Crippen LogP) is 8.89. The summed E-state index contributed by atoms with van der Waals surface area (Å²) in [6.07, 6.45) is 11.5. The molecule has 218 valence electrons. The molecule has 0 amide bonds. The first kappa shape index (κ1) is 31.6. The quantitative estimate of drug-likeness (QED) is 0.0673. The molecule has 0 heterocycles. The van der Waals surface area contributed by atoms with Crippen LogP contribution in [0.5, 0.6) is 11.5 Å². The van der Waals surface area contributed by atoms with Crippen LogP contribution in [-0.4, -0.2) is 25.2 Å². The summed E-state index contributed by atoms with van der Waals surface area (Å²) in [6, 6.07) is 19.7. The van der Waals surface area contributed by atoms with E-state index in [1.54, 1.807) is 12.1 Å². The molecule has 0 bridgehead atoms. The van der Waals surface area contributed by atoms with Gasteiger partial charge >= 0.3 is 11.9 Å². The highest BCUT2D eigenvalue weighted by atomic mass is 19.1. The zero-order valence-electron chi connectivity index (χ0n) is 24.0. The molecule has 5 nitrogen and oxygen atoms in total. The lowest BCUT2D eigenvalue weighted by Crippen LogP contribution is -2.09. The lowest BCUT2D eigenvalue weighted by atomic mass is 10.0. The molecule has 0 aliphatic rings. The summed E-state index contributed by atoms with van der Waals surface area (Å²) in [6.45, 7) is 6.59. The molecule has 0 N–H and O–H groups in total. The summed E-state index contributed by atoms with van der Waals surface area (Å²) in [5, 5.41) is 0. The third kappa shape index (κ3) is 11.2. The molecule has 0 saturated heterocycles. The van der Waals surface area contributed by atoms with Gasteiger partial charge in [-0.1, -0.05) is 69.5 Å². The number of unbranched alkanes of at least 4 members (excludes halogenated alkanes) is 7. The van der Waals surface area contributed by atoms with Crippen LogP contribution in [0.25, 0.3) is 11.1 Å². The number of halogens is 1. The second-order valence-corrected chi connectivity index (χ2v) is 10.1. The highest BCUT2D eigenvalue weighted by Crippen LogP contribution is 2.25. The molecule has 0 unspecified atom stereocenters. The van der Waals surface area contributed by atoms with Crippen LogP contribution in [0.3, 0.4) is 0 Å². The largest absolute Gasteiger partial charge is 0.494 e. The van der Waals surface area contributed by atoms with E-state index in [9.17, 15) is 14.0 Å². The number of esters is 2. The van der Waals surface area contributed by atoms with Gasteiger partial charge in [-0.2, -0.15) is 0 Å². The molecule has 0 aliphatic heterocycles. The molecule has 3 aromatic rings. The minimum absolute atomic E-state index is 0.0570. The fourth-order valence-electron chi connectivity index (χ4n) is 4.40. The van der Waals surface area contributed by atoms with E-state index in [-0.39, 0.29) is 11.7 Å². The molecular weight excluding hydrogens is 519 g/mol. The minimum Gasteiger partial charge on any atom is -0.494 e. The Morgan fingerprint density at radius 3 is 2.07 bits per heavy atom. The standard InChI is InChI=1S/C35H41FO5/c1-3-5-6-7-10-13-27-14-23-33(32(36)26-27)41-35(38)30-17-15-28(16-18-30)29-19-21-31(22-20-29)39-24-11-8-9-12-25-40-34(37)4-2/h4,14-23,26H,2-3,5-13,24-25H2,1H3. The van der Waals surface area contributed by atoms with Crippen molar-refractivity contribution in [1.82, 2.24) is 0 Å². The van der Waals surface area contributed by atoms with Crippen LogP contribution in [-0.2, 0) is 16.0 Å². The maximum atomic E-state index is 14.6. The van der Waals surface area contributed by atoms with Crippen molar-refractivity contribution in [2.75, 3.05) is 13.2 Å². The fourth-order valence-corrected chi connectivity index (χ4v) is 4.40. The number of hydrogen-bond acceptors (Lipinski definition) is 5. The van der Waals surface area contributed by atoms with E-state index in [0.717, 1.165) is 67.4 Å². The average Bonchev–Trinajstić information content (AvgIpc) is 3.00. The fraction of sp³-hybridized carbons (Fsp3) is 0.371. The number of carbonyl (C=O) groups excluding carboxylic acids is 2. The number of hydrogen-bond donors (Lipinski definition) is 0. The van der Waals surface area contributed by atoms with Crippen LogP contribution >= 0.6 is 0 Å². The van der Waals surface area contributed by atoms with Crippen molar-refractivity contribution in [1.29, 1.82) is 0 Å². The molecule has 0 fully saturated rings. The normalized spacial score (nSPS) is 10.7. The molecule has 0 spiro atoms. The summed E-state index contributed by atoms with van der Waals surface area (Å²) in [4.78, 5) is 23.6. The Balaban J connectivity index is 1.41. The monoisotopic (exact) mass is 560 g/mol. The van der Waals surface area contributed by atoms with E-state index in [0.29, 0.717) is 18.8 Å². The first-order valence-corrected chi connectivity index (χ1v) is 14.6. The van der Waals surface area contributed by atoms with Gasteiger partial charge in [-0.25, -0.2) is 14.0 Å². The van der Waals surface area contributed by atoms with Crippen molar-refractivity contribution in [3.05, 3.63) is 96.3 Å². The van der Waals surface area contributed by atoms with E-state index in [1.807, 2.05) is 42.5 Å². The van der Waals surface area contributed by atoms with E-state index < -0.39 is 11.8 Å². The average molecular weight is 561 g/mol. The molecule has 0 saturated carbocycles. The summed E-state index contributed by atoms with van der Waals surface area (Å²) < 4.78 is 30.7. The summed E-state index contributed by atoms with van der Waals surface area (Å²) in [7, 11) is 0. The second kappa shape index (κ2) is 17.7. The molecule has 41 heavy (non-hydrogen) atoms. The number of carbonyl (C=O) groups is 2. The lowest BCUT2D eigenvalue weighted by molar-refractivity contribution is -0.137. The third-order valence-corrected chi connectivity index (χ3v) is 6.79. The number of benzene rings is 3. The highest BCUT2D eigenvalue weighted by molar-refractivity contribution is 5.91. The van der Waals surface area contributed by atoms with Crippen LogP contribution in [0.4, 0.5) is 4.39 Å². The smallest absolute Gasteiger partial charge is 0.343 e. The summed E-state index contributed by atoms with van der Waals surface area (Å²) >= 11 is 0. The molecule has 6 heteroatoms. The molecule has 0 atom stereocenters. The molecule has 0 aliphatic carbocycles. The number of ether oxygens (including phenoxy) is 3. The first-order valence-electron chi connectivity index (χ1n) is 14.6. The van der Waals surface area contributed by atoms with Gasteiger partial charge in [-0.3, -0.25) is 0 Å². The van der Waals surface area contributed by atoms with E-state index >= 15 is 0 Å². The van der Waals surface area contributed by atoms with Gasteiger partial charge in [0, 0.05) is 6.08 Å². The van der Waals surface area contributed by atoms with Crippen LogP contribution in [0, 0.1) is 5.82 Å². The second-order valence-electron chi connectivity index (χ2n) is 10.1. The molecule has 0 radical (unpaired) electrons. The van der Waals surface area contributed by atoms with Gasteiger partial charge in [-0.05, 0) is 91.6 Å². The zero-order valence-corrected chi connectivity index (χ0v) is 24.0. The van der Waals surface area contributed by atoms with Gasteiger partial charge in [0.2, 0.25) is 0 Å². The van der Waals surface area contributed by atoms with Crippen LogP contribution < -0.4 is 9.47 Å². The third-order valence-electron chi connectivity index (χ3n) is 6.79. The van der Waals surface area contributed by atoms with Crippen molar-refractivity contribution in [2.24, 2.45) is 0 Å². The lowest BCUT2D eigenvalue weighted by Gasteiger charge is -2.09. The Morgan fingerprint density at radius 2 is 1.41 bits per heavy atom. The number of rotatable bonds is 18. The zero-order chi connectivity index (χ0) is 29.3. The van der Waals surface area contributed by atoms with Crippen molar-refractivity contribution < 1.29 is 28.2 Å². The maximum Gasteiger partial charge on any atom is 0.343 e. The van der Waals surface area contributed by atoms with Gasteiger partial charge in [0.1, 0.15) is 5.75 Å². The number of aryl methyl sites for hydroxylation is 1. The van der Waals surface area contributed by atoms with Crippen molar-refractivity contribution in [2.45, 2.75) is 71.1 Å². The Kier molecular flexibility index (Phi) is 13.6. The van der Waals surface area contributed by atoms with Crippen molar-refractivity contribution >= 4 is 11.9 Å². The Labute approximate surface area is 243 Å².